The van der Waals surface area contributed by atoms with E-state index in [0.29, 0.717) is 25.4 Å². The third-order valence-corrected chi connectivity index (χ3v) is 5.19. The van der Waals surface area contributed by atoms with Gasteiger partial charge in [-0.2, -0.15) is 17.0 Å². The number of hydrogen-bond donors (Lipinski definition) is 1. The molecule has 1 atom stereocenters. The van der Waals surface area contributed by atoms with Crippen LogP contribution in [0, 0.1) is 5.92 Å². The van der Waals surface area contributed by atoms with Gasteiger partial charge in [-0.15, -0.1) is 0 Å². The van der Waals surface area contributed by atoms with E-state index in [2.05, 4.69) is 0 Å². The summed E-state index contributed by atoms with van der Waals surface area (Å²) in [6, 6.07) is 0.0450. The van der Waals surface area contributed by atoms with Gasteiger partial charge in [0.25, 0.3) is 10.2 Å². The number of rotatable bonds is 9. The third kappa shape index (κ3) is 5.65. The van der Waals surface area contributed by atoms with Gasteiger partial charge in [-0.25, -0.2) is 0 Å². The fourth-order valence-electron chi connectivity index (χ4n) is 1.51. The van der Waals surface area contributed by atoms with Gasteiger partial charge in [0, 0.05) is 33.2 Å². The fourth-order valence-corrected chi connectivity index (χ4v) is 2.69. The Bertz CT molecular complexity index is 317. The molecule has 18 heavy (non-hydrogen) atoms. The maximum Gasteiger partial charge on any atom is 0.281 e. The smallest absolute Gasteiger partial charge is 0.281 e. The maximum atomic E-state index is 12.1. The van der Waals surface area contributed by atoms with Gasteiger partial charge in [-0.3, -0.25) is 0 Å². The molecule has 2 N–H and O–H groups in total. The van der Waals surface area contributed by atoms with Crippen molar-refractivity contribution in [2.45, 2.75) is 46.1 Å². The molecule has 0 aliphatic rings. The highest BCUT2D eigenvalue weighted by Gasteiger charge is 2.23. The molecule has 0 aromatic heterocycles. The van der Waals surface area contributed by atoms with Crippen LogP contribution in [0.25, 0.3) is 0 Å². The largest absolute Gasteiger partial charge is 0.327 e. The first kappa shape index (κ1) is 17.8. The molecule has 0 radical (unpaired) electrons. The van der Waals surface area contributed by atoms with Crippen LogP contribution in [0.5, 0.6) is 0 Å². The van der Waals surface area contributed by atoms with Crippen molar-refractivity contribution in [3.63, 3.8) is 0 Å². The van der Waals surface area contributed by atoms with Crippen LogP contribution in [-0.2, 0) is 10.2 Å². The molecule has 0 aromatic rings. The molecule has 0 aliphatic heterocycles. The Morgan fingerprint density at radius 3 is 2.06 bits per heavy atom. The van der Waals surface area contributed by atoms with Crippen LogP contribution in [0.3, 0.4) is 0 Å². The second-order valence-corrected chi connectivity index (χ2v) is 7.34. The predicted octanol–water partition coefficient (Wildman–Crippen LogP) is 1.27. The molecule has 110 valence electrons. The third-order valence-electron chi connectivity index (χ3n) is 3.25. The minimum Gasteiger partial charge on any atom is -0.327 e. The molecule has 0 rings (SSSR count). The van der Waals surface area contributed by atoms with E-state index in [1.807, 2.05) is 20.8 Å². The summed E-state index contributed by atoms with van der Waals surface area (Å²) in [5, 5.41) is 0. The van der Waals surface area contributed by atoms with Crippen molar-refractivity contribution in [3.05, 3.63) is 0 Å². The van der Waals surface area contributed by atoms with E-state index >= 15 is 0 Å². The van der Waals surface area contributed by atoms with Gasteiger partial charge in [0.1, 0.15) is 0 Å². The molecule has 0 fully saturated rings. The summed E-state index contributed by atoms with van der Waals surface area (Å²) >= 11 is 0. The quantitative estimate of drug-likeness (QED) is 0.691. The highest BCUT2D eigenvalue weighted by molar-refractivity contribution is 7.86. The lowest BCUT2D eigenvalue weighted by Crippen LogP contribution is -2.42. The molecule has 0 heterocycles. The Morgan fingerprint density at radius 1 is 1.11 bits per heavy atom. The standard InChI is InChI=1S/C12H29N3O2S/c1-6-7-9-14(4)18(16,17)15(5)10-8-12(13)11(2)3/h11-12H,6-10,13H2,1-5H3. The first-order chi connectivity index (χ1) is 8.23. The summed E-state index contributed by atoms with van der Waals surface area (Å²) in [6.45, 7) is 7.18. The number of nitrogens with zero attached hydrogens (tertiary/aromatic N) is 2. The van der Waals surface area contributed by atoms with E-state index in [1.54, 1.807) is 14.1 Å². The van der Waals surface area contributed by atoms with Crippen molar-refractivity contribution in [1.29, 1.82) is 0 Å². The minimum atomic E-state index is -3.32. The summed E-state index contributed by atoms with van der Waals surface area (Å²) in [5.74, 6) is 0.374. The van der Waals surface area contributed by atoms with Crippen molar-refractivity contribution in [2.24, 2.45) is 11.7 Å². The Kier molecular flexibility index (Phi) is 8.02. The van der Waals surface area contributed by atoms with Gasteiger partial charge in [-0.1, -0.05) is 27.2 Å². The molecule has 5 nitrogen and oxygen atoms in total. The van der Waals surface area contributed by atoms with Crippen LogP contribution >= 0.6 is 0 Å². The normalized spacial score (nSPS) is 14.7. The van der Waals surface area contributed by atoms with Crippen LogP contribution in [0.1, 0.15) is 40.0 Å². The molecule has 6 heteroatoms. The summed E-state index contributed by atoms with van der Waals surface area (Å²) < 4.78 is 27.1. The minimum absolute atomic E-state index is 0.0450. The molecule has 0 amide bonds. The molecule has 0 aliphatic carbocycles. The molecular weight excluding hydrogens is 250 g/mol. The van der Waals surface area contributed by atoms with E-state index in [0.717, 1.165) is 12.8 Å². The zero-order valence-corrected chi connectivity index (χ0v) is 13.2. The van der Waals surface area contributed by atoms with Crippen LogP contribution in [0.2, 0.25) is 0 Å². The lowest BCUT2D eigenvalue weighted by Gasteiger charge is -2.26. The number of nitrogens with two attached hydrogens (primary N) is 1. The Balaban J connectivity index is 4.34. The van der Waals surface area contributed by atoms with Crippen LogP contribution in [0.15, 0.2) is 0 Å². The second-order valence-electron chi connectivity index (χ2n) is 5.20. The Morgan fingerprint density at radius 2 is 1.61 bits per heavy atom. The summed E-state index contributed by atoms with van der Waals surface area (Å²) in [6.07, 6.45) is 2.56. The van der Waals surface area contributed by atoms with Crippen molar-refractivity contribution >= 4 is 10.2 Å². The fraction of sp³-hybridized carbons (Fsp3) is 1.00. The van der Waals surface area contributed by atoms with Gasteiger partial charge in [0.2, 0.25) is 0 Å². The number of unbranched alkanes of at least 4 members (excludes halogenated alkanes) is 1. The van der Waals surface area contributed by atoms with Crippen molar-refractivity contribution in [1.82, 2.24) is 8.61 Å². The SMILES string of the molecule is CCCCN(C)S(=O)(=O)N(C)CCC(N)C(C)C. The monoisotopic (exact) mass is 279 g/mol. The average Bonchev–Trinajstić information content (AvgIpc) is 2.31. The lowest BCUT2D eigenvalue weighted by atomic mass is 10.0. The highest BCUT2D eigenvalue weighted by atomic mass is 32.2. The topological polar surface area (TPSA) is 66.6 Å². The van der Waals surface area contributed by atoms with E-state index in [4.69, 9.17) is 5.73 Å². The summed E-state index contributed by atoms with van der Waals surface area (Å²) in [5.41, 5.74) is 5.93. The molecule has 1 unspecified atom stereocenters. The summed E-state index contributed by atoms with van der Waals surface area (Å²) in [7, 11) is -0.0768. The van der Waals surface area contributed by atoms with Crippen LogP contribution in [0.4, 0.5) is 0 Å². The van der Waals surface area contributed by atoms with E-state index in [1.165, 1.54) is 8.61 Å². The Hall–Kier alpha value is -0.170. The summed E-state index contributed by atoms with van der Waals surface area (Å²) in [4.78, 5) is 0. The molecule has 0 aromatic carbocycles. The van der Waals surface area contributed by atoms with E-state index in [-0.39, 0.29) is 6.04 Å². The van der Waals surface area contributed by atoms with Gasteiger partial charge < -0.3 is 5.73 Å². The maximum absolute atomic E-state index is 12.1. The molecule has 0 bridgehead atoms. The van der Waals surface area contributed by atoms with Gasteiger partial charge >= 0.3 is 0 Å². The first-order valence-corrected chi connectivity index (χ1v) is 8.06. The van der Waals surface area contributed by atoms with Crippen LogP contribution < -0.4 is 5.73 Å². The molecule has 0 saturated heterocycles. The van der Waals surface area contributed by atoms with Crippen molar-refractivity contribution < 1.29 is 8.42 Å². The van der Waals surface area contributed by atoms with Crippen molar-refractivity contribution in [2.75, 3.05) is 27.2 Å². The van der Waals surface area contributed by atoms with Gasteiger partial charge in [-0.05, 0) is 18.8 Å². The highest BCUT2D eigenvalue weighted by Crippen LogP contribution is 2.09. The van der Waals surface area contributed by atoms with E-state index in [9.17, 15) is 8.42 Å². The Labute approximate surface area is 113 Å². The van der Waals surface area contributed by atoms with Gasteiger partial charge in [0.15, 0.2) is 0 Å². The zero-order chi connectivity index (χ0) is 14.3. The molecule has 0 spiro atoms. The molecule has 0 saturated carbocycles. The van der Waals surface area contributed by atoms with Gasteiger partial charge in [0.05, 0.1) is 0 Å². The average molecular weight is 279 g/mol. The first-order valence-electron chi connectivity index (χ1n) is 6.66. The lowest BCUT2D eigenvalue weighted by molar-refractivity contribution is 0.361. The molecular formula is C12H29N3O2S. The second kappa shape index (κ2) is 8.09. The van der Waals surface area contributed by atoms with Crippen LogP contribution in [-0.4, -0.2) is 50.3 Å². The predicted molar refractivity (Wildman–Crippen MR) is 76.5 cm³/mol. The van der Waals surface area contributed by atoms with E-state index < -0.39 is 10.2 Å². The van der Waals surface area contributed by atoms with Crippen molar-refractivity contribution in [3.8, 4) is 0 Å². The number of hydrogen-bond acceptors (Lipinski definition) is 3. The zero-order valence-electron chi connectivity index (χ0n) is 12.4.